The summed E-state index contributed by atoms with van der Waals surface area (Å²) >= 11 is 12.3. The zero-order valence-corrected chi connectivity index (χ0v) is 19.8. The zero-order chi connectivity index (χ0) is 23.8. The summed E-state index contributed by atoms with van der Waals surface area (Å²) in [6.45, 7) is 1.76. The van der Waals surface area contributed by atoms with Crippen LogP contribution in [-0.2, 0) is 10.0 Å². The van der Waals surface area contributed by atoms with E-state index in [1.165, 1.54) is 10.8 Å². The van der Waals surface area contributed by atoms with Crippen LogP contribution >= 0.6 is 23.2 Å². The van der Waals surface area contributed by atoms with Gasteiger partial charge < -0.3 is 5.32 Å². The summed E-state index contributed by atoms with van der Waals surface area (Å²) in [6.07, 6.45) is 2.26. The molecule has 9 nitrogen and oxygen atoms in total. The van der Waals surface area contributed by atoms with Crippen LogP contribution in [0.2, 0.25) is 10.3 Å². The fourth-order valence-corrected chi connectivity index (χ4v) is 4.27. The Bertz CT molecular complexity index is 1510. The lowest BCUT2D eigenvalue weighted by atomic mass is 10.2. The summed E-state index contributed by atoms with van der Waals surface area (Å²) in [5, 5.41) is 3.60. The molecule has 12 heteroatoms. The standard InChI is InChI=1S/C21H18Cl2N6O3S/c1-12(25-18-16(28-33(2,31)32)11-24-21(23)27-18)19-26-15-10-6-9-14(22)17(15)20(30)29(19)13-7-4-3-5-8-13/h3-12,28H,1-2H3,(H,24,25,27). The Morgan fingerprint density at radius 2 is 1.76 bits per heavy atom. The van der Waals surface area contributed by atoms with Crippen molar-refractivity contribution in [1.82, 2.24) is 19.5 Å². The third-order valence-corrected chi connectivity index (χ3v) is 5.77. The molecule has 4 rings (SSSR count). The fourth-order valence-electron chi connectivity index (χ4n) is 3.34. The minimum Gasteiger partial charge on any atom is -0.358 e. The first-order chi connectivity index (χ1) is 15.6. The predicted octanol–water partition coefficient (Wildman–Crippen LogP) is 4.03. The van der Waals surface area contributed by atoms with Crippen LogP contribution in [0.5, 0.6) is 0 Å². The third-order valence-electron chi connectivity index (χ3n) is 4.68. The molecule has 0 saturated carbocycles. The highest BCUT2D eigenvalue weighted by Gasteiger charge is 2.21. The molecular formula is C21H18Cl2N6O3S. The maximum absolute atomic E-state index is 13.5. The second-order valence-corrected chi connectivity index (χ2v) is 9.72. The zero-order valence-electron chi connectivity index (χ0n) is 17.5. The van der Waals surface area contributed by atoms with Crippen molar-refractivity contribution in [2.24, 2.45) is 0 Å². The number of fused-ring (bicyclic) bond motifs is 1. The molecule has 0 aliphatic rings. The Labute approximate surface area is 199 Å². The number of hydrogen-bond donors (Lipinski definition) is 2. The van der Waals surface area contributed by atoms with Crippen LogP contribution in [-0.4, -0.2) is 34.2 Å². The van der Waals surface area contributed by atoms with Crippen molar-refractivity contribution in [1.29, 1.82) is 0 Å². The molecular weight excluding hydrogens is 487 g/mol. The van der Waals surface area contributed by atoms with Gasteiger partial charge in [-0.25, -0.2) is 18.4 Å². The summed E-state index contributed by atoms with van der Waals surface area (Å²) in [4.78, 5) is 26.1. The predicted molar refractivity (Wildman–Crippen MR) is 130 cm³/mol. The first-order valence-electron chi connectivity index (χ1n) is 9.67. The molecule has 0 radical (unpaired) electrons. The number of halogens is 2. The Morgan fingerprint density at radius 3 is 2.45 bits per heavy atom. The van der Waals surface area contributed by atoms with Gasteiger partial charge in [0.15, 0.2) is 5.82 Å². The highest BCUT2D eigenvalue weighted by Crippen LogP contribution is 2.27. The molecule has 2 aromatic heterocycles. The van der Waals surface area contributed by atoms with Crippen LogP contribution in [0.3, 0.4) is 0 Å². The minimum atomic E-state index is -3.60. The normalized spacial score (nSPS) is 12.5. The lowest BCUT2D eigenvalue weighted by Crippen LogP contribution is -2.28. The van der Waals surface area contributed by atoms with Gasteiger partial charge in [-0.05, 0) is 42.8 Å². The molecule has 0 bridgehead atoms. The van der Waals surface area contributed by atoms with Gasteiger partial charge in [0.1, 0.15) is 11.5 Å². The Kier molecular flexibility index (Phi) is 6.24. The third kappa shape index (κ3) is 4.92. The second kappa shape index (κ2) is 8.97. The van der Waals surface area contributed by atoms with Crippen LogP contribution in [0.15, 0.2) is 59.5 Å². The minimum absolute atomic E-state index is 0.0811. The molecule has 0 amide bonds. The summed E-state index contributed by atoms with van der Waals surface area (Å²) in [6, 6.07) is 13.4. The fraction of sp³-hybridized carbons (Fsp3) is 0.143. The molecule has 0 spiro atoms. The second-order valence-electron chi connectivity index (χ2n) is 7.22. The van der Waals surface area contributed by atoms with Gasteiger partial charge >= 0.3 is 0 Å². The molecule has 4 aromatic rings. The van der Waals surface area contributed by atoms with Gasteiger partial charge in [-0.2, -0.15) is 4.98 Å². The van der Waals surface area contributed by atoms with Crippen LogP contribution in [0.4, 0.5) is 11.5 Å². The van der Waals surface area contributed by atoms with E-state index in [1.54, 1.807) is 49.4 Å². The topological polar surface area (TPSA) is 119 Å². The number of rotatable bonds is 6. The SMILES string of the molecule is CC(Nc1nc(Cl)ncc1NS(C)(=O)=O)c1nc2cccc(Cl)c2c(=O)n1-c1ccccc1. The molecule has 0 aliphatic heterocycles. The van der Waals surface area contributed by atoms with Gasteiger partial charge in [0, 0.05) is 0 Å². The van der Waals surface area contributed by atoms with E-state index >= 15 is 0 Å². The maximum atomic E-state index is 13.5. The quantitative estimate of drug-likeness (QED) is 0.380. The molecule has 0 aliphatic carbocycles. The van der Waals surface area contributed by atoms with E-state index < -0.39 is 16.1 Å². The molecule has 1 atom stereocenters. The lowest BCUT2D eigenvalue weighted by Gasteiger charge is -2.21. The van der Waals surface area contributed by atoms with E-state index in [1.807, 2.05) is 6.07 Å². The molecule has 0 saturated heterocycles. The average molecular weight is 505 g/mol. The number of nitrogens with one attached hydrogen (secondary N) is 2. The largest absolute Gasteiger partial charge is 0.358 e. The molecule has 2 heterocycles. The molecule has 33 heavy (non-hydrogen) atoms. The van der Waals surface area contributed by atoms with E-state index in [0.29, 0.717) is 27.4 Å². The van der Waals surface area contributed by atoms with E-state index in [-0.39, 0.29) is 22.3 Å². The van der Waals surface area contributed by atoms with Crippen molar-refractivity contribution >= 4 is 55.6 Å². The maximum Gasteiger partial charge on any atom is 0.267 e. The van der Waals surface area contributed by atoms with E-state index in [2.05, 4.69) is 20.0 Å². The highest BCUT2D eigenvalue weighted by atomic mass is 35.5. The number of hydrogen-bond acceptors (Lipinski definition) is 7. The summed E-state index contributed by atoms with van der Waals surface area (Å²) in [5.74, 6) is 0.494. The van der Waals surface area contributed by atoms with Gasteiger partial charge in [-0.15, -0.1) is 0 Å². The number of nitrogens with zero attached hydrogens (tertiary/aromatic N) is 4. The van der Waals surface area contributed by atoms with Crippen LogP contribution in [0.25, 0.3) is 16.6 Å². The summed E-state index contributed by atoms with van der Waals surface area (Å²) < 4.78 is 27.3. The van der Waals surface area contributed by atoms with Crippen LogP contribution in [0, 0.1) is 0 Å². The number of sulfonamides is 1. The average Bonchev–Trinajstić information content (AvgIpc) is 2.75. The van der Waals surface area contributed by atoms with E-state index in [9.17, 15) is 13.2 Å². The molecule has 170 valence electrons. The number of anilines is 2. The first kappa shape index (κ1) is 23.0. The summed E-state index contributed by atoms with van der Waals surface area (Å²) in [5.41, 5.74) is 0.788. The smallest absolute Gasteiger partial charge is 0.267 e. The summed E-state index contributed by atoms with van der Waals surface area (Å²) in [7, 11) is -3.60. The lowest BCUT2D eigenvalue weighted by molar-refractivity contribution is 0.606. The molecule has 2 N–H and O–H groups in total. The van der Waals surface area contributed by atoms with Crippen molar-refractivity contribution in [3.8, 4) is 5.69 Å². The van der Waals surface area contributed by atoms with Crippen molar-refractivity contribution < 1.29 is 8.42 Å². The Hall–Kier alpha value is -3.21. The van der Waals surface area contributed by atoms with Crippen molar-refractivity contribution in [3.63, 3.8) is 0 Å². The number of para-hydroxylation sites is 1. The van der Waals surface area contributed by atoms with Gasteiger partial charge in [0.2, 0.25) is 15.3 Å². The Morgan fingerprint density at radius 1 is 1.03 bits per heavy atom. The van der Waals surface area contributed by atoms with E-state index in [0.717, 1.165) is 6.26 Å². The molecule has 0 fully saturated rings. The van der Waals surface area contributed by atoms with Gasteiger partial charge in [-0.1, -0.05) is 35.9 Å². The highest BCUT2D eigenvalue weighted by molar-refractivity contribution is 7.92. The van der Waals surface area contributed by atoms with Gasteiger partial charge in [0.25, 0.3) is 5.56 Å². The number of benzene rings is 2. The Balaban J connectivity index is 1.89. The van der Waals surface area contributed by atoms with Gasteiger partial charge in [0.05, 0.1) is 40.1 Å². The first-order valence-corrected chi connectivity index (χ1v) is 12.3. The number of aromatic nitrogens is 4. The van der Waals surface area contributed by atoms with Crippen molar-refractivity contribution in [2.45, 2.75) is 13.0 Å². The van der Waals surface area contributed by atoms with Crippen molar-refractivity contribution in [2.75, 3.05) is 16.3 Å². The van der Waals surface area contributed by atoms with Crippen LogP contribution < -0.4 is 15.6 Å². The molecule has 1 unspecified atom stereocenters. The van der Waals surface area contributed by atoms with E-state index in [4.69, 9.17) is 28.2 Å². The van der Waals surface area contributed by atoms with Gasteiger partial charge in [-0.3, -0.25) is 14.1 Å². The molecule has 2 aromatic carbocycles. The van der Waals surface area contributed by atoms with Crippen LogP contribution in [0.1, 0.15) is 18.8 Å². The van der Waals surface area contributed by atoms with Crippen molar-refractivity contribution in [3.05, 3.63) is 81.2 Å². The monoisotopic (exact) mass is 504 g/mol.